The summed E-state index contributed by atoms with van der Waals surface area (Å²) in [4.78, 5) is 3.73. The Labute approximate surface area is 84.8 Å². The number of aromatic hydroxyl groups is 1. The quantitative estimate of drug-likeness (QED) is 0.779. The molecule has 0 saturated carbocycles. The van der Waals surface area contributed by atoms with Gasteiger partial charge in [0.25, 0.3) is 0 Å². The van der Waals surface area contributed by atoms with Crippen LogP contribution in [0.5, 0.6) is 5.75 Å². The van der Waals surface area contributed by atoms with E-state index in [1.807, 2.05) is 0 Å². The van der Waals surface area contributed by atoms with Gasteiger partial charge in [0.15, 0.2) is 0 Å². The normalized spacial score (nSPS) is 10.3. The van der Waals surface area contributed by atoms with Crippen molar-refractivity contribution < 1.29 is 13.9 Å². The third-order valence-electron chi connectivity index (χ3n) is 1.92. The van der Waals surface area contributed by atoms with Gasteiger partial charge in [-0.1, -0.05) is 0 Å². The molecule has 2 rings (SSSR count). The van der Waals surface area contributed by atoms with Crippen LogP contribution in [0.25, 0.3) is 11.1 Å². The number of hydrogen-bond acceptors (Lipinski definition) is 2. The molecule has 0 aliphatic rings. The predicted octanol–water partition coefficient (Wildman–Crippen LogP) is 2.73. The SMILES string of the molecule is Oc1cncc(-c2cc(F)cc(F)c2)c1. The van der Waals surface area contributed by atoms with E-state index in [1.165, 1.54) is 30.6 Å². The first kappa shape index (κ1) is 9.58. The molecule has 0 unspecified atom stereocenters. The highest BCUT2D eigenvalue weighted by Crippen LogP contribution is 2.23. The first-order chi connectivity index (χ1) is 7.15. The molecular weight excluding hydrogens is 200 g/mol. The van der Waals surface area contributed by atoms with E-state index >= 15 is 0 Å². The van der Waals surface area contributed by atoms with E-state index in [1.54, 1.807) is 0 Å². The maximum Gasteiger partial charge on any atom is 0.134 e. The average molecular weight is 207 g/mol. The fraction of sp³-hybridized carbons (Fsp3) is 0. The van der Waals surface area contributed by atoms with Crippen LogP contribution in [0.1, 0.15) is 0 Å². The van der Waals surface area contributed by atoms with E-state index in [0.29, 0.717) is 11.1 Å². The Hall–Kier alpha value is -1.97. The van der Waals surface area contributed by atoms with Crippen LogP contribution in [-0.4, -0.2) is 10.1 Å². The highest BCUT2D eigenvalue weighted by Gasteiger charge is 2.04. The largest absolute Gasteiger partial charge is 0.506 e. The lowest BCUT2D eigenvalue weighted by atomic mass is 10.1. The number of benzene rings is 1. The summed E-state index contributed by atoms with van der Waals surface area (Å²) in [5.41, 5.74) is 0.810. The number of rotatable bonds is 1. The zero-order chi connectivity index (χ0) is 10.8. The molecule has 1 aromatic carbocycles. The first-order valence-corrected chi connectivity index (χ1v) is 4.25. The lowest BCUT2D eigenvalue weighted by Crippen LogP contribution is -1.84. The van der Waals surface area contributed by atoms with Crippen molar-refractivity contribution in [1.29, 1.82) is 0 Å². The number of nitrogens with zero attached hydrogens (tertiary/aromatic N) is 1. The Balaban J connectivity index is 2.54. The van der Waals surface area contributed by atoms with Gasteiger partial charge in [0.2, 0.25) is 0 Å². The second kappa shape index (κ2) is 3.65. The van der Waals surface area contributed by atoms with Gasteiger partial charge in [0, 0.05) is 17.8 Å². The first-order valence-electron chi connectivity index (χ1n) is 4.25. The van der Waals surface area contributed by atoms with Gasteiger partial charge in [-0.3, -0.25) is 4.98 Å². The van der Waals surface area contributed by atoms with E-state index in [4.69, 9.17) is 5.11 Å². The maximum atomic E-state index is 12.9. The van der Waals surface area contributed by atoms with Crippen LogP contribution >= 0.6 is 0 Å². The maximum absolute atomic E-state index is 12.9. The van der Waals surface area contributed by atoms with E-state index in [9.17, 15) is 8.78 Å². The number of pyridine rings is 1. The van der Waals surface area contributed by atoms with Crippen molar-refractivity contribution >= 4 is 0 Å². The molecule has 0 aliphatic carbocycles. The molecule has 0 amide bonds. The lowest BCUT2D eigenvalue weighted by Gasteiger charge is -2.02. The Bertz CT molecular complexity index is 479. The van der Waals surface area contributed by atoms with Crippen LogP contribution in [-0.2, 0) is 0 Å². The summed E-state index contributed by atoms with van der Waals surface area (Å²) in [7, 11) is 0. The topological polar surface area (TPSA) is 33.1 Å². The van der Waals surface area contributed by atoms with Gasteiger partial charge >= 0.3 is 0 Å². The highest BCUT2D eigenvalue weighted by atomic mass is 19.1. The van der Waals surface area contributed by atoms with Crippen LogP contribution in [0.4, 0.5) is 8.78 Å². The Morgan fingerprint density at radius 1 is 0.867 bits per heavy atom. The predicted molar refractivity (Wildman–Crippen MR) is 51.3 cm³/mol. The molecule has 2 nitrogen and oxygen atoms in total. The summed E-state index contributed by atoms with van der Waals surface area (Å²) >= 11 is 0. The molecule has 1 aromatic heterocycles. The molecule has 0 aliphatic heterocycles. The molecule has 4 heteroatoms. The summed E-state index contributed by atoms with van der Waals surface area (Å²) in [6.45, 7) is 0. The minimum atomic E-state index is -0.659. The van der Waals surface area contributed by atoms with E-state index in [0.717, 1.165) is 6.07 Å². The van der Waals surface area contributed by atoms with Crippen molar-refractivity contribution in [2.24, 2.45) is 0 Å². The Kier molecular flexibility index (Phi) is 2.33. The van der Waals surface area contributed by atoms with Crippen LogP contribution in [0.15, 0.2) is 36.7 Å². The fourth-order valence-corrected chi connectivity index (χ4v) is 1.31. The second-order valence-corrected chi connectivity index (χ2v) is 3.09. The zero-order valence-electron chi connectivity index (χ0n) is 7.61. The average Bonchev–Trinajstić information content (AvgIpc) is 2.16. The molecule has 0 radical (unpaired) electrons. The number of halogens is 2. The van der Waals surface area contributed by atoms with Crippen molar-refractivity contribution in [3.63, 3.8) is 0 Å². The van der Waals surface area contributed by atoms with Gasteiger partial charge in [-0.2, -0.15) is 0 Å². The minimum absolute atomic E-state index is 0.0443. The monoisotopic (exact) mass is 207 g/mol. The van der Waals surface area contributed by atoms with Gasteiger partial charge in [-0.25, -0.2) is 8.78 Å². The summed E-state index contributed by atoms with van der Waals surface area (Å²) in [5.74, 6) is -1.36. The molecule has 76 valence electrons. The molecule has 0 atom stereocenters. The highest BCUT2D eigenvalue weighted by molar-refractivity contribution is 5.63. The van der Waals surface area contributed by atoms with E-state index < -0.39 is 11.6 Å². The minimum Gasteiger partial charge on any atom is -0.506 e. The Morgan fingerprint density at radius 3 is 2.13 bits per heavy atom. The van der Waals surface area contributed by atoms with Crippen molar-refractivity contribution in [3.8, 4) is 16.9 Å². The number of hydrogen-bond donors (Lipinski definition) is 1. The van der Waals surface area contributed by atoms with Crippen molar-refractivity contribution in [3.05, 3.63) is 48.3 Å². The molecule has 1 N–H and O–H groups in total. The van der Waals surface area contributed by atoms with Gasteiger partial charge in [-0.05, 0) is 23.8 Å². The van der Waals surface area contributed by atoms with Gasteiger partial charge < -0.3 is 5.11 Å². The van der Waals surface area contributed by atoms with Crippen LogP contribution in [0.2, 0.25) is 0 Å². The molecule has 0 saturated heterocycles. The van der Waals surface area contributed by atoms with Crippen LogP contribution < -0.4 is 0 Å². The lowest BCUT2D eigenvalue weighted by molar-refractivity contribution is 0.473. The van der Waals surface area contributed by atoms with E-state index in [2.05, 4.69) is 4.98 Å². The van der Waals surface area contributed by atoms with Crippen molar-refractivity contribution in [2.75, 3.05) is 0 Å². The molecule has 0 bridgehead atoms. The molecule has 0 spiro atoms. The molecular formula is C11H7F2NO. The third-order valence-corrected chi connectivity index (χ3v) is 1.92. The summed E-state index contributed by atoms with van der Waals surface area (Å²) in [6.07, 6.45) is 2.67. The summed E-state index contributed by atoms with van der Waals surface area (Å²) in [5, 5.41) is 9.16. The van der Waals surface area contributed by atoms with Crippen molar-refractivity contribution in [1.82, 2.24) is 4.98 Å². The smallest absolute Gasteiger partial charge is 0.134 e. The third kappa shape index (κ3) is 2.10. The van der Waals surface area contributed by atoms with Crippen molar-refractivity contribution in [2.45, 2.75) is 0 Å². The van der Waals surface area contributed by atoms with Gasteiger partial charge in [0.05, 0.1) is 6.20 Å². The summed E-state index contributed by atoms with van der Waals surface area (Å²) < 4.78 is 25.8. The number of aromatic nitrogens is 1. The molecule has 2 aromatic rings. The van der Waals surface area contributed by atoms with Crippen LogP contribution in [0, 0.1) is 11.6 Å². The molecule has 1 heterocycles. The fourth-order valence-electron chi connectivity index (χ4n) is 1.31. The standard InChI is InChI=1S/C11H7F2NO/c12-9-1-7(2-10(13)4-9)8-3-11(15)6-14-5-8/h1-6,15H. The zero-order valence-corrected chi connectivity index (χ0v) is 7.61. The summed E-state index contributed by atoms with van der Waals surface area (Å²) in [6, 6.07) is 4.54. The van der Waals surface area contributed by atoms with Gasteiger partial charge in [0.1, 0.15) is 17.4 Å². The molecule has 0 fully saturated rings. The Morgan fingerprint density at radius 2 is 1.53 bits per heavy atom. The second-order valence-electron chi connectivity index (χ2n) is 3.09. The van der Waals surface area contributed by atoms with Gasteiger partial charge in [-0.15, -0.1) is 0 Å². The van der Waals surface area contributed by atoms with E-state index in [-0.39, 0.29) is 5.75 Å². The molecule has 15 heavy (non-hydrogen) atoms. The van der Waals surface area contributed by atoms with Crippen LogP contribution in [0.3, 0.4) is 0 Å².